The summed E-state index contributed by atoms with van der Waals surface area (Å²) in [4.78, 5) is 29.3. The van der Waals surface area contributed by atoms with Crippen LogP contribution < -0.4 is 10.6 Å². The van der Waals surface area contributed by atoms with Gasteiger partial charge in [-0.3, -0.25) is 9.78 Å². The molecule has 29 heavy (non-hydrogen) atoms. The second-order valence-corrected chi connectivity index (χ2v) is 8.80. The Morgan fingerprint density at radius 1 is 1.14 bits per heavy atom. The number of hydrogen-bond donors (Lipinski definition) is 2. The lowest BCUT2D eigenvalue weighted by Gasteiger charge is -2.26. The molecule has 0 spiro atoms. The third-order valence-electron chi connectivity index (χ3n) is 4.85. The molecule has 6 nitrogen and oxygen atoms in total. The van der Waals surface area contributed by atoms with Gasteiger partial charge in [0.15, 0.2) is 0 Å². The first-order chi connectivity index (χ1) is 13.5. The van der Waals surface area contributed by atoms with Crippen molar-refractivity contribution >= 4 is 22.9 Å². The number of fused-ring (bicyclic) bond motifs is 1. The van der Waals surface area contributed by atoms with E-state index in [0.29, 0.717) is 6.54 Å². The monoisotopic (exact) mass is 399 g/mol. The predicted molar refractivity (Wildman–Crippen MR) is 116 cm³/mol. The lowest BCUT2D eigenvalue weighted by atomic mass is 9.99. The molecule has 1 unspecified atom stereocenters. The van der Waals surface area contributed by atoms with Crippen molar-refractivity contribution in [1.82, 2.24) is 15.6 Å². The molecule has 6 heteroatoms. The number of aromatic nitrogens is 1. The molecule has 2 aromatic rings. The van der Waals surface area contributed by atoms with E-state index in [0.717, 1.165) is 27.7 Å². The molecular formula is C23H33N3O3. The van der Waals surface area contributed by atoms with Crippen LogP contribution in [0.15, 0.2) is 24.3 Å². The maximum Gasteiger partial charge on any atom is 0.407 e. The fourth-order valence-corrected chi connectivity index (χ4v) is 3.19. The van der Waals surface area contributed by atoms with Crippen LogP contribution in [0.5, 0.6) is 0 Å². The Balaban J connectivity index is 2.03. The lowest BCUT2D eigenvalue weighted by Crippen LogP contribution is -2.48. The van der Waals surface area contributed by atoms with E-state index in [9.17, 15) is 9.59 Å². The van der Waals surface area contributed by atoms with Gasteiger partial charge in [0.1, 0.15) is 5.60 Å². The number of alkyl carbamates (subject to hydrolysis) is 1. The Labute approximate surface area is 173 Å². The summed E-state index contributed by atoms with van der Waals surface area (Å²) in [6.45, 7) is 13.8. The first-order valence-corrected chi connectivity index (χ1v) is 10.1. The van der Waals surface area contributed by atoms with E-state index in [1.165, 1.54) is 0 Å². The van der Waals surface area contributed by atoms with Gasteiger partial charge < -0.3 is 15.4 Å². The van der Waals surface area contributed by atoms with Gasteiger partial charge in [0.25, 0.3) is 0 Å². The second kappa shape index (κ2) is 9.25. The first kappa shape index (κ1) is 22.7. The smallest absolute Gasteiger partial charge is 0.407 e. The van der Waals surface area contributed by atoms with Crippen molar-refractivity contribution in [1.29, 1.82) is 0 Å². The molecule has 0 aliphatic heterocycles. The molecule has 1 heterocycles. The fourth-order valence-electron chi connectivity index (χ4n) is 3.19. The Kier molecular flexibility index (Phi) is 7.22. The Bertz CT molecular complexity index is 885. The number of carbonyl (C=O) groups excluding carboxylic acids is 2. The van der Waals surface area contributed by atoms with Gasteiger partial charge in [0, 0.05) is 17.6 Å². The Morgan fingerprint density at radius 3 is 2.41 bits per heavy atom. The molecule has 1 aromatic carbocycles. The zero-order chi connectivity index (χ0) is 21.8. The van der Waals surface area contributed by atoms with Crippen LogP contribution in [0.25, 0.3) is 10.9 Å². The van der Waals surface area contributed by atoms with Crippen molar-refractivity contribution in [3.05, 3.63) is 41.1 Å². The lowest BCUT2D eigenvalue weighted by molar-refractivity contribution is -0.120. The average molecular weight is 400 g/mol. The summed E-state index contributed by atoms with van der Waals surface area (Å²) in [6.07, 6.45) is -0.219. The summed E-state index contributed by atoms with van der Waals surface area (Å²) in [5, 5.41) is 6.86. The summed E-state index contributed by atoms with van der Waals surface area (Å²) >= 11 is 0. The summed E-state index contributed by atoms with van der Waals surface area (Å²) in [5.74, 6) is 0.0542. The zero-order valence-corrected chi connectivity index (χ0v) is 18.6. The van der Waals surface area contributed by atoms with Gasteiger partial charge in [-0.05, 0) is 57.7 Å². The third kappa shape index (κ3) is 6.44. The molecule has 0 saturated heterocycles. The van der Waals surface area contributed by atoms with Crippen molar-refractivity contribution in [2.24, 2.45) is 5.92 Å². The van der Waals surface area contributed by atoms with Crippen LogP contribution in [0.2, 0.25) is 0 Å². The molecular weight excluding hydrogens is 366 g/mol. The molecule has 0 radical (unpaired) electrons. The van der Waals surface area contributed by atoms with Gasteiger partial charge in [-0.25, -0.2) is 4.79 Å². The number of rotatable bonds is 6. The summed E-state index contributed by atoms with van der Waals surface area (Å²) < 4.78 is 5.32. The van der Waals surface area contributed by atoms with E-state index >= 15 is 0 Å². The second-order valence-electron chi connectivity index (χ2n) is 8.80. The molecule has 2 N–H and O–H groups in total. The van der Waals surface area contributed by atoms with Crippen LogP contribution in [-0.4, -0.2) is 35.2 Å². The van der Waals surface area contributed by atoms with Crippen LogP contribution in [0.1, 0.15) is 51.4 Å². The number of carbonyl (C=O) groups is 2. The molecule has 0 aliphatic rings. The van der Waals surface area contributed by atoms with Crippen molar-refractivity contribution < 1.29 is 14.3 Å². The number of nitrogens with zero attached hydrogens (tertiary/aromatic N) is 1. The number of para-hydroxylation sites is 1. The fraction of sp³-hybridized carbons (Fsp3) is 0.522. The van der Waals surface area contributed by atoms with E-state index in [1.807, 2.05) is 72.7 Å². The highest BCUT2D eigenvalue weighted by atomic mass is 16.6. The van der Waals surface area contributed by atoms with Gasteiger partial charge >= 0.3 is 6.09 Å². The van der Waals surface area contributed by atoms with Crippen molar-refractivity contribution in [2.45, 2.75) is 66.5 Å². The maximum absolute atomic E-state index is 12.6. The number of amides is 2. The van der Waals surface area contributed by atoms with Gasteiger partial charge in [0.05, 0.1) is 18.0 Å². The number of benzene rings is 1. The Hall–Kier alpha value is -2.63. The molecule has 0 fully saturated rings. The Morgan fingerprint density at radius 2 is 1.79 bits per heavy atom. The topological polar surface area (TPSA) is 80.3 Å². The minimum Gasteiger partial charge on any atom is -0.444 e. The molecule has 2 rings (SSSR count). The number of nitrogens with one attached hydrogen (secondary N) is 2. The van der Waals surface area contributed by atoms with Gasteiger partial charge in [-0.2, -0.15) is 0 Å². The molecule has 0 aliphatic carbocycles. The van der Waals surface area contributed by atoms with Crippen molar-refractivity contribution in [3.8, 4) is 0 Å². The highest BCUT2D eigenvalue weighted by molar-refractivity contribution is 5.86. The van der Waals surface area contributed by atoms with Crippen LogP contribution in [0.3, 0.4) is 0 Å². The molecule has 158 valence electrons. The molecule has 1 atom stereocenters. The summed E-state index contributed by atoms with van der Waals surface area (Å²) in [7, 11) is 0. The minimum absolute atomic E-state index is 0.0927. The van der Waals surface area contributed by atoms with Gasteiger partial charge in [-0.1, -0.05) is 32.0 Å². The number of pyridine rings is 1. The van der Waals surface area contributed by atoms with E-state index < -0.39 is 11.7 Å². The molecule has 0 saturated carbocycles. The van der Waals surface area contributed by atoms with Crippen LogP contribution >= 0.6 is 0 Å². The highest BCUT2D eigenvalue weighted by Gasteiger charge is 2.22. The predicted octanol–water partition coefficient (Wildman–Crippen LogP) is 4.06. The van der Waals surface area contributed by atoms with E-state index in [1.54, 1.807) is 0 Å². The molecule has 0 bridgehead atoms. The van der Waals surface area contributed by atoms with Crippen molar-refractivity contribution in [2.75, 3.05) is 6.54 Å². The summed E-state index contributed by atoms with van der Waals surface area (Å²) in [5.41, 5.74) is 3.27. The molecule has 2 amide bonds. The zero-order valence-electron chi connectivity index (χ0n) is 18.6. The first-order valence-electron chi connectivity index (χ1n) is 10.1. The molecule has 1 aromatic heterocycles. The number of ether oxygens (including phenoxy) is 1. The van der Waals surface area contributed by atoms with Crippen LogP contribution in [-0.2, 0) is 16.0 Å². The van der Waals surface area contributed by atoms with Crippen molar-refractivity contribution in [3.63, 3.8) is 0 Å². The largest absolute Gasteiger partial charge is 0.444 e. The van der Waals surface area contributed by atoms with Crippen LogP contribution in [0, 0.1) is 19.8 Å². The average Bonchev–Trinajstić information content (AvgIpc) is 2.60. The number of aryl methyl sites for hydroxylation is 2. The highest BCUT2D eigenvalue weighted by Crippen LogP contribution is 2.22. The summed E-state index contributed by atoms with van der Waals surface area (Å²) in [6, 6.07) is 7.73. The quantitative estimate of drug-likeness (QED) is 0.768. The normalized spacial score (nSPS) is 12.7. The van der Waals surface area contributed by atoms with Gasteiger partial charge in [-0.15, -0.1) is 0 Å². The van der Waals surface area contributed by atoms with E-state index in [2.05, 4.69) is 15.6 Å². The minimum atomic E-state index is -0.563. The van der Waals surface area contributed by atoms with Crippen LogP contribution in [0.4, 0.5) is 4.79 Å². The number of hydrogen-bond acceptors (Lipinski definition) is 4. The maximum atomic E-state index is 12.6. The van der Waals surface area contributed by atoms with E-state index in [-0.39, 0.29) is 24.3 Å². The van der Waals surface area contributed by atoms with Gasteiger partial charge in [0.2, 0.25) is 5.91 Å². The SMILES string of the molecule is Cc1nc2ccccc2c(C)c1CC(=O)NCC(NC(=O)OC(C)(C)C)C(C)C. The standard InChI is InChI=1S/C23H33N3O3/c1-14(2)20(26-22(28)29-23(5,6)7)13-24-21(27)12-18-15(3)17-10-8-9-11-19(17)25-16(18)4/h8-11,14,20H,12-13H2,1-7H3,(H,24,27)(H,26,28). The van der Waals surface area contributed by atoms with E-state index in [4.69, 9.17) is 4.74 Å². The third-order valence-corrected chi connectivity index (χ3v) is 4.85.